The van der Waals surface area contributed by atoms with Crippen LogP contribution in [0.2, 0.25) is 0 Å². The molecule has 0 N–H and O–H groups in total. The van der Waals surface area contributed by atoms with Crippen LogP contribution in [0.4, 0.5) is 0 Å². The third-order valence-electron chi connectivity index (χ3n) is 5.57. The van der Waals surface area contributed by atoms with Gasteiger partial charge in [0, 0.05) is 42.0 Å². The lowest BCUT2D eigenvalue weighted by atomic mass is 9.96. The van der Waals surface area contributed by atoms with Gasteiger partial charge >= 0.3 is 0 Å². The molecule has 0 saturated carbocycles. The lowest BCUT2D eigenvalue weighted by molar-refractivity contribution is 0.116. The number of likely N-dealkylation sites (tertiary alicyclic amines) is 2. The first kappa shape index (κ1) is 18.4. The minimum atomic E-state index is 0.698. The molecule has 0 aromatic carbocycles. The normalized spacial score (nSPS) is 23.6. The van der Waals surface area contributed by atoms with Gasteiger partial charge in [-0.25, -0.2) is 0 Å². The molecule has 2 aliphatic rings. The lowest BCUT2D eigenvalue weighted by Gasteiger charge is -2.37. The smallest absolute Gasteiger partial charge is 0.0328 e. The van der Waals surface area contributed by atoms with E-state index in [1.54, 1.807) is 4.88 Å². The van der Waals surface area contributed by atoms with E-state index in [9.17, 15) is 0 Å². The molecule has 3 nitrogen and oxygen atoms in total. The number of hydrogen-bond acceptors (Lipinski definition) is 4. The second-order valence-corrected chi connectivity index (χ2v) is 9.40. The number of piperidine rings is 1. The predicted molar refractivity (Wildman–Crippen MR) is 105 cm³/mol. The maximum Gasteiger partial charge on any atom is 0.0328 e. The molecule has 2 aliphatic heterocycles. The Morgan fingerprint density at radius 3 is 2.62 bits per heavy atom. The zero-order valence-electron chi connectivity index (χ0n) is 15.8. The van der Waals surface area contributed by atoms with Crippen molar-refractivity contribution in [1.82, 2.24) is 14.7 Å². The molecule has 3 rings (SSSR count). The quantitative estimate of drug-likeness (QED) is 0.739. The fourth-order valence-corrected chi connectivity index (χ4v) is 5.38. The Kier molecular flexibility index (Phi) is 6.73. The summed E-state index contributed by atoms with van der Waals surface area (Å²) < 4.78 is 0. The number of hydrogen-bond donors (Lipinski definition) is 0. The highest BCUT2D eigenvalue weighted by molar-refractivity contribution is 7.11. The SMILES string of the molecule is CC(C)N1CCCC(CN(C)Cc2ccc(CN3CCCC3)s2)C1. The Bertz CT molecular complexity index is 493. The van der Waals surface area contributed by atoms with E-state index in [1.165, 1.54) is 69.8 Å². The fourth-order valence-electron chi connectivity index (χ4n) is 4.24. The molecular formula is C20H35N3S. The molecular weight excluding hydrogens is 314 g/mol. The van der Waals surface area contributed by atoms with Crippen LogP contribution < -0.4 is 0 Å². The highest BCUT2D eigenvalue weighted by atomic mass is 32.1. The summed E-state index contributed by atoms with van der Waals surface area (Å²) in [5.74, 6) is 0.843. The Balaban J connectivity index is 1.44. The van der Waals surface area contributed by atoms with Crippen LogP contribution in [-0.4, -0.2) is 60.5 Å². The summed E-state index contributed by atoms with van der Waals surface area (Å²) in [5.41, 5.74) is 0. The highest BCUT2D eigenvalue weighted by Crippen LogP contribution is 2.23. The monoisotopic (exact) mass is 349 g/mol. The number of thiophene rings is 1. The summed E-state index contributed by atoms with van der Waals surface area (Å²) >= 11 is 2.02. The summed E-state index contributed by atoms with van der Waals surface area (Å²) in [7, 11) is 2.30. The van der Waals surface area contributed by atoms with Crippen molar-refractivity contribution in [2.45, 2.75) is 58.7 Å². The van der Waals surface area contributed by atoms with Gasteiger partial charge in [0.25, 0.3) is 0 Å². The highest BCUT2D eigenvalue weighted by Gasteiger charge is 2.22. The molecule has 1 aromatic heterocycles. The maximum absolute atomic E-state index is 2.65. The number of rotatable bonds is 7. The van der Waals surface area contributed by atoms with Crippen molar-refractivity contribution >= 4 is 11.3 Å². The van der Waals surface area contributed by atoms with Gasteiger partial charge in [-0.2, -0.15) is 0 Å². The van der Waals surface area contributed by atoms with E-state index in [-0.39, 0.29) is 0 Å². The van der Waals surface area contributed by atoms with Crippen molar-refractivity contribution in [2.24, 2.45) is 5.92 Å². The summed E-state index contributed by atoms with van der Waals surface area (Å²) in [6.07, 6.45) is 5.54. The summed E-state index contributed by atoms with van der Waals surface area (Å²) in [5, 5.41) is 0. The third-order valence-corrected chi connectivity index (χ3v) is 6.63. The molecule has 1 unspecified atom stereocenters. The van der Waals surface area contributed by atoms with E-state index >= 15 is 0 Å². The average Bonchev–Trinajstić information content (AvgIpc) is 3.20. The summed E-state index contributed by atoms with van der Waals surface area (Å²) in [4.78, 5) is 10.9. The van der Waals surface area contributed by atoms with E-state index < -0.39 is 0 Å². The van der Waals surface area contributed by atoms with E-state index in [0.29, 0.717) is 6.04 Å². The van der Waals surface area contributed by atoms with Crippen molar-refractivity contribution in [1.29, 1.82) is 0 Å². The van der Waals surface area contributed by atoms with Crippen molar-refractivity contribution in [3.8, 4) is 0 Å². The molecule has 3 heterocycles. The number of nitrogens with zero attached hydrogens (tertiary/aromatic N) is 3. The molecule has 0 bridgehead atoms. The second-order valence-electron chi connectivity index (χ2n) is 8.14. The van der Waals surface area contributed by atoms with Gasteiger partial charge in [0.1, 0.15) is 0 Å². The van der Waals surface area contributed by atoms with Crippen LogP contribution in [0.25, 0.3) is 0 Å². The molecule has 0 spiro atoms. The molecule has 1 atom stereocenters. The van der Waals surface area contributed by atoms with Crippen molar-refractivity contribution in [3.63, 3.8) is 0 Å². The van der Waals surface area contributed by atoms with Gasteiger partial charge in [0.2, 0.25) is 0 Å². The van der Waals surface area contributed by atoms with Crippen molar-refractivity contribution < 1.29 is 0 Å². The first-order valence-electron chi connectivity index (χ1n) is 9.82. The van der Waals surface area contributed by atoms with Crippen molar-refractivity contribution in [3.05, 3.63) is 21.9 Å². The summed E-state index contributed by atoms with van der Waals surface area (Å²) in [6, 6.07) is 5.41. The first-order valence-corrected chi connectivity index (χ1v) is 10.6. The van der Waals surface area contributed by atoms with Gasteiger partial charge in [-0.05, 0) is 84.3 Å². The van der Waals surface area contributed by atoms with Gasteiger partial charge in [0.05, 0.1) is 0 Å². The molecule has 2 fully saturated rings. The van der Waals surface area contributed by atoms with Crippen molar-refractivity contribution in [2.75, 3.05) is 39.8 Å². The van der Waals surface area contributed by atoms with Crippen LogP contribution in [0.15, 0.2) is 12.1 Å². The topological polar surface area (TPSA) is 9.72 Å². The minimum Gasteiger partial charge on any atom is -0.301 e. The van der Waals surface area contributed by atoms with Gasteiger partial charge < -0.3 is 9.80 Å². The molecule has 136 valence electrons. The van der Waals surface area contributed by atoms with Crippen LogP contribution in [0, 0.1) is 5.92 Å². The van der Waals surface area contributed by atoms with Crippen LogP contribution in [0.5, 0.6) is 0 Å². The van der Waals surface area contributed by atoms with Gasteiger partial charge in [-0.3, -0.25) is 4.90 Å². The Hall–Kier alpha value is -0.420. The molecule has 24 heavy (non-hydrogen) atoms. The summed E-state index contributed by atoms with van der Waals surface area (Å²) in [6.45, 7) is 13.3. The van der Waals surface area contributed by atoms with E-state index in [4.69, 9.17) is 0 Å². The molecule has 1 aromatic rings. The third kappa shape index (κ3) is 5.29. The predicted octanol–water partition coefficient (Wildman–Crippen LogP) is 3.90. The van der Waals surface area contributed by atoms with E-state index in [0.717, 1.165) is 12.5 Å². The Labute approximate surface area is 152 Å². The Morgan fingerprint density at radius 2 is 1.88 bits per heavy atom. The molecule has 0 amide bonds. The molecule has 0 aliphatic carbocycles. The zero-order chi connectivity index (χ0) is 16.9. The minimum absolute atomic E-state index is 0.698. The lowest BCUT2D eigenvalue weighted by Crippen LogP contribution is -2.43. The van der Waals surface area contributed by atoms with Crippen LogP contribution in [0.3, 0.4) is 0 Å². The molecule has 0 radical (unpaired) electrons. The Morgan fingerprint density at radius 1 is 1.12 bits per heavy atom. The zero-order valence-corrected chi connectivity index (χ0v) is 16.7. The first-order chi connectivity index (χ1) is 11.6. The molecule has 4 heteroatoms. The van der Waals surface area contributed by atoms with Crippen LogP contribution in [0.1, 0.15) is 49.3 Å². The van der Waals surface area contributed by atoms with E-state index in [1.807, 2.05) is 11.3 Å². The standard InChI is InChI=1S/C20H35N3S/c1-17(2)23-12-6-7-18(14-23)13-21(3)15-19-8-9-20(24-19)16-22-10-4-5-11-22/h8-9,17-18H,4-7,10-16H2,1-3H3. The average molecular weight is 350 g/mol. The van der Waals surface area contributed by atoms with Gasteiger partial charge in [-0.1, -0.05) is 0 Å². The second kappa shape index (κ2) is 8.79. The fraction of sp³-hybridized carbons (Fsp3) is 0.800. The van der Waals surface area contributed by atoms with Gasteiger partial charge in [0.15, 0.2) is 0 Å². The van der Waals surface area contributed by atoms with Crippen LogP contribution in [-0.2, 0) is 13.1 Å². The molecule has 2 saturated heterocycles. The van der Waals surface area contributed by atoms with E-state index in [2.05, 4.69) is 47.7 Å². The van der Waals surface area contributed by atoms with Crippen LogP contribution >= 0.6 is 11.3 Å². The largest absolute Gasteiger partial charge is 0.301 e. The maximum atomic E-state index is 2.65. The van der Waals surface area contributed by atoms with Gasteiger partial charge in [-0.15, -0.1) is 11.3 Å².